The van der Waals surface area contributed by atoms with Crippen LogP contribution >= 0.6 is 0 Å². The Morgan fingerprint density at radius 3 is 1.81 bits per heavy atom. The molecule has 1 aromatic carbocycles. The van der Waals surface area contributed by atoms with E-state index in [1.54, 1.807) is 12.1 Å². The highest BCUT2D eigenvalue weighted by Crippen LogP contribution is 2.28. The van der Waals surface area contributed by atoms with Gasteiger partial charge in [-0.05, 0) is 17.7 Å². The van der Waals surface area contributed by atoms with Crippen LogP contribution in [0.15, 0.2) is 18.2 Å². The molecule has 0 amide bonds. The van der Waals surface area contributed by atoms with Crippen LogP contribution in [0.25, 0.3) is 0 Å². The standard InChI is InChI=1S/C15H22O6/c16-12-13-1-2-14-15(11-13)21-10-8-19-6-4-17-3-5-18-7-9-20-14/h1-2,11,16H,3-10,12H2. The summed E-state index contributed by atoms with van der Waals surface area (Å²) in [6, 6.07) is 5.38. The highest BCUT2D eigenvalue weighted by molar-refractivity contribution is 5.42. The van der Waals surface area contributed by atoms with Crippen molar-refractivity contribution in [1.82, 2.24) is 0 Å². The predicted octanol–water partition coefficient (Wildman–Crippen LogP) is 1.000. The summed E-state index contributed by atoms with van der Waals surface area (Å²) >= 11 is 0. The molecule has 118 valence electrons. The Bertz CT molecular complexity index is 409. The summed E-state index contributed by atoms with van der Waals surface area (Å²) in [5, 5.41) is 9.19. The molecule has 0 unspecified atom stereocenters. The van der Waals surface area contributed by atoms with Gasteiger partial charge in [0, 0.05) is 0 Å². The first-order valence-corrected chi connectivity index (χ1v) is 7.13. The van der Waals surface area contributed by atoms with Crippen molar-refractivity contribution < 1.29 is 28.8 Å². The van der Waals surface area contributed by atoms with E-state index in [4.69, 9.17) is 23.7 Å². The minimum atomic E-state index is -0.0341. The van der Waals surface area contributed by atoms with Crippen LogP contribution in [-0.2, 0) is 20.8 Å². The third kappa shape index (κ3) is 5.89. The van der Waals surface area contributed by atoms with Crippen LogP contribution in [0.1, 0.15) is 5.56 Å². The van der Waals surface area contributed by atoms with Crippen LogP contribution in [0.4, 0.5) is 0 Å². The zero-order valence-corrected chi connectivity index (χ0v) is 12.1. The lowest BCUT2D eigenvalue weighted by Crippen LogP contribution is -2.13. The van der Waals surface area contributed by atoms with Crippen LogP contribution in [0, 0.1) is 0 Å². The van der Waals surface area contributed by atoms with E-state index in [9.17, 15) is 5.11 Å². The molecule has 0 bridgehead atoms. The maximum Gasteiger partial charge on any atom is 0.161 e. The Hall–Kier alpha value is -1.34. The van der Waals surface area contributed by atoms with Crippen molar-refractivity contribution in [2.24, 2.45) is 0 Å². The van der Waals surface area contributed by atoms with Crippen LogP contribution < -0.4 is 9.47 Å². The first-order valence-electron chi connectivity index (χ1n) is 7.13. The Labute approximate surface area is 124 Å². The molecule has 0 aliphatic carbocycles. The molecule has 0 fully saturated rings. The number of aliphatic hydroxyl groups is 1. The second kappa shape index (κ2) is 9.57. The Kier molecular flexibility index (Phi) is 7.31. The first kappa shape index (κ1) is 16.0. The SMILES string of the molecule is OCc1ccc2c(c1)OCCOCCOCCOCCO2. The molecule has 2 rings (SSSR count). The van der Waals surface area contributed by atoms with Gasteiger partial charge in [-0.3, -0.25) is 0 Å². The molecule has 0 spiro atoms. The Balaban J connectivity index is 1.96. The number of rotatable bonds is 1. The van der Waals surface area contributed by atoms with E-state index in [-0.39, 0.29) is 6.61 Å². The van der Waals surface area contributed by atoms with Crippen molar-refractivity contribution in [3.63, 3.8) is 0 Å². The zero-order chi connectivity index (χ0) is 14.8. The van der Waals surface area contributed by atoms with E-state index in [1.807, 2.05) is 6.07 Å². The average Bonchev–Trinajstić information content (AvgIpc) is 2.52. The number of hydrogen-bond donors (Lipinski definition) is 1. The highest BCUT2D eigenvalue weighted by atomic mass is 16.6. The maximum atomic E-state index is 9.19. The average molecular weight is 298 g/mol. The van der Waals surface area contributed by atoms with Gasteiger partial charge >= 0.3 is 0 Å². The second-order valence-corrected chi connectivity index (χ2v) is 4.47. The molecule has 6 nitrogen and oxygen atoms in total. The summed E-state index contributed by atoms with van der Waals surface area (Å²) in [6.07, 6.45) is 0. The Morgan fingerprint density at radius 2 is 1.24 bits per heavy atom. The normalized spacial score (nSPS) is 18.5. The van der Waals surface area contributed by atoms with Crippen LogP contribution in [0.5, 0.6) is 11.5 Å². The number of hydrogen-bond acceptors (Lipinski definition) is 6. The summed E-state index contributed by atoms with van der Waals surface area (Å²) in [4.78, 5) is 0. The summed E-state index contributed by atoms with van der Waals surface area (Å²) in [5.74, 6) is 1.25. The van der Waals surface area contributed by atoms with Gasteiger partial charge in [-0.25, -0.2) is 0 Å². The lowest BCUT2D eigenvalue weighted by atomic mass is 10.2. The molecule has 21 heavy (non-hydrogen) atoms. The van der Waals surface area contributed by atoms with Crippen molar-refractivity contribution in [2.45, 2.75) is 6.61 Å². The van der Waals surface area contributed by atoms with Gasteiger partial charge in [0.05, 0.1) is 46.2 Å². The van der Waals surface area contributed by atoms with Gasteiger partial charge in [0.15, 0.2) is 11.5 Å². The minimum absolute atomic E-state index is 0.0341. The smallest absolute Gasteiger partial charge is 0.161 e. The number of fused-ring (bicyclic) bond motifs is 1. The monoisotopic (exact) mass is 298 g/mol. The number of aliphatic hydroxyl groups excluding tert-OH is 1. The third-order valence-electron chi connectivity index (χ3n) is 2.91. The molecule has 0 saturated heterocycles. The van der Waals surface area contributed by atoms with E-state index in [1.165, 1.54) is 0 Å². The van der Waals surface area contributed by atoms with Gasteiger partial charge in [0.2, 0.25) is 0 Å². The molecule has 6 heteroatoms. The van der Waals surface area contributed by atoms with Crippen molar-refractivity contribution in [3.05, 3.63) is 23.8 Å². The topological polar surface area (TPSA) is 66.4 Å². The molecule has 1 N–H and O–H groups in total. The predicted molar refractivity (Wildman–Crippen MR) is 75.8 cm³/mol. The van der Waals surface area contributed by atoms with Crippen LogP contribution in [-0.4, -0.2) is 58.0 Å². The molecular weight excluding hydrogens is 276 g/mol. The van der Waals surface area contributed by atoms with Crippen molar-refractivity contribution >= 4 is 0 Å². The van der Waals surface area contributed by atoms with E-state index in [2.05, 4.69) is 0 Å². The summed E-state index contributed by atoms with van der Waals surface area (Å²) in [7, 11) is 0. The van der Waals surface area contributed by atoms with Gasteiger partial charge in [0.1, 0.15) is 13.2 Å². The van der Waals surface area contributed by atoms with Crippen LogP contribution in [0.2, 0.25) is 0 Å². The first-order chi connectivity index (χ1) is 10.4. The fourth-order valence-corrected chi connectivity index (χ4v) is 1.85. The molecular formula is C15H22O6. The zero-order valence-electron chi connectivity index (χ0n) is 12.1. The lowest BCUT2D eigenvalue weighted by Gasteiger charge is -2.13. The third-order valence-corrected chi connectivity index (χ3v) is 2.91. The molecule has 1 aliphatic rings. The largest absolute Gasteiger partial charge is 0.487 e. The summed E-state index contributed by atoms with van der Waals surface area (Å²) in [5.41, 5.74) is 0.779. The van der Waals surface area contributed by atoms with Gasteiger partial charge in [-0.1, -0.05) is 6.07 Å². The van der Waals surface area contributed by atoms with E-state index < -0.39 is 0 Å². The number of ether oxygens (including phenoxy) is 5. The van der Waals surface area contributed by atoms with Gasteiger partial charge in [0.25, 0.3) is 0 Å². The molecule has 0 saturated carbocycles. The van der Waals surface area contributed by atoms with Crippen molar-refractivity contribution in [1.29, 1.82) is 0 Å². The summed E-state index contributed by atoms with van der Waals surface area (Å²) < 4.78 is 27.5. The van der Waals surface area contributed by atoms with Gasteiger partial charge in [-0.15, -0.1) is 0 Å². The number of benzene rings is 1. The van der Waals surface area contributed by atoms with Gasteiger partial charge < -0.3 is 28.8 Å². The molecule has 0 aromatic heterocycles. The lowest BCUT2D eigenvalue weighted by molar-refractivity contribution is 0.00708. The van der Waals surface area contributed by atoms with Gasteiger partial charge in [-0.2, -0.15) is 0 Å². The molecule has 0 radical (unpaired) electrons. The molecule has 0 atom stereocenters. The Morgan fingerprint density at radius 1 is 0.714 bits per heavy atom. The quantitative estimate of drug-likeness (QED) is 0.834. The molecule has 1 heterocycles. The van der Waals surface area contributed by atoms with E-state index >= 15 is 0 Å². The molecule has 1 aliphatic heterocycles. The maximum absolute atomic E-state index is 9.19. The fraction of sp³-hybridized carbons (Fsp3) is 0.600. The summed E-state index contributed by atoms with van der Waals surface area (Å²) in [6.45, 7) is 3.95. The molecule has 1 aromatic rings. The van der Waals surface area contributed by atoms with Crippen molar-refractivity contribution in [3.8, 4) is 11.5 Å². The van der Waals surface area contributed by atoms with Crippen molar-refractivity contribution in [2.75, 3.05) is 52.9 Å². The van der Waals surface area contributed by atoms with E-state index in [0.717, 1.165) is 5.56 Å². The van der Waals surface area contributed by atoms with E-state index in [0.29, 0.717) is 64.4 Å². The highest BCUT2D eigenvalue weighted by Gasteiger charge is 2.07. The second-order valence-electron chi connectivity index (χ2n) is 4.47. The minimum Gasteiger partial charge on any atom is -0.487 e. The van der Waals surface area contributed by atoms with Crippen LogP contribution in [0.3, 0.4) is 0 Å². The fourth-order valence-electron chi connectivity index (χ4n) is 1.85.